The Hall–Kier alpha value is -3.43. The van der Waals surface area contributed by atoms with E-state index >= 15 is 0 Å². The molecule has 0 unspecified atom stereocenters. The second-order valence-corrected chi connectivity index (χ2v) is 7.77. The van der Waals surface area contributed by atoms with E-state index in [0.717, 1.165) is 55.9 Å². The number of likely N-dealkylation sites (tertiary alicyclic amines) is 1. The molecule has 10 nitrogen and oxygen atoms in total. The number of anilines is 3. The van der Waals surface area contributed by atoms with Gasteiger partial charge in [0.25, 0.3) is 0 Å². The van der Waals surface area contributed by atoms with Crippen molar-refractivity contribution in [2.45, 2.75) is 39.7 Å². The van der Waals surface area contributed by atoms with Crippen molar-refractivity contribution in [3.63, 3.8) is 0 Å². The average Bonchev–Trinajstić information content (AvgIpc) is 3.41. The van der Waals surface area contributed by atoms with Crippen molar-refractivity contribution in [2.24, 2.45) is 0 Å². The third kappa shape index (κ3) is 5.24. The number of carbonyl (C=O) groups is 1. The molecular formula is C22H31N9O. The number of aromatic nitrogens is 5. The molecule has 1 fully saturated rings. The number of amides is 1. The number of nitrogens with zero attached hydrogens (tertiary/aromatic N) is 6. The number of carbonyl (C=O) groups excluding carboxylic acids is 1. The van der Waals surface area contributed by atoms with Crippen LogP contribution in [0.5, 0.6) is 0 Å². The number of hydrogen-bond donors (Lipinski definition) is 3. The summed E-state index contributed by atoms with van der Waals surface area (Å²) in [6.45, 7) is 8.56. The summed E-state index contributed by atoms with van der Waals surface area (Å²) >= 11 is 0. The van der Waals surface area contributed by atoms with Crippen molar-refractivity contribution in [3.8, 4) is 0 Å². The van der Waals surface area contributed by atoms with Gasteiger partial charge in [0.05, 0.1) is 17.6 Å². The number of para-hydroxylation sites is 2. The molecule has 0 bridgehead atoms. The fraction of sp³-hybridized carbons (Fsp3) is 0.500. The quantitative estimate of drug-likeness (QED) is 0.392. The number of fused-ring (bicyclic) bond motifs is 1. The van der Waals surface area contributed by atoms with Crippen molar-refractivity contribution in [2.75, 3.05) is 48.3 Å². The minimum atomic E-state index is 0.256. The number of aromatic amines is 1. The predicted molar refractivity (Wildman–Crippen MR) is 126 cm³/mol. The average molecular weight is 438 g/mol. The first kappa shape index (κ1) is 21.8. The zero-order valence-electron chi connectivity index (χ0n) is 18.8. The number of hydrogen-bond acceptors (Lipinski definition) is 8. The highest BCUT2D eigenvalue weighted by atomic mass is 16.2. The van der Waals surface area contributed by atoms with Crippen molar-refractivity contribution in [1.29, 1.82) is 0 Å². The summed E-state index contributed by atoms with van der Waals surface area (Å²) in [5, 5.41) is 6.57. The van der Waals surface area contributed by atoms with Gasteiger partial charge >= 0.3 is 0 Å². The molecular weight excluding hydrogens is 406 g/mol. The van der Waals surface area contributed by atoms with Crippen LogP contribution in [0.1, 0.15) is 38.9 Å². The molecule has 2 aromatic heterocycles. The van der Waals surface area contributed by atoms with E-state index in [-0.39, 0.29) is 5.91 Å². The van der Waals surface area contributed by atoms with Crippen LogP contribution in [0.25, 0.3) is 11.0 Å². The molecule has 0 saturated carbocycles. The van der Waals surface area contributed by atoms with E-state index < -0.39 is 0 Å². The van der Waals surface area contributed by atoms with Gasteiger partial charge < -0.3 is 25.4 Å². The van der Waals surface area contributed by atoms with E-state index in [2.05, 4.69) is 54.3 Å². The van der Waals surface area contributed by atoms with Gasteiger partial charge in [-0.05, 0) is 38.8 Å². The van der Waals surface area contributed by atoms with Gasteiger partial charge in [0.2, 0.25) is 23.8 Å². The lowest BCUT2D eigenvalue weighted by molar-refractivity contribution is -0.127. The molecule has 3 N–H and O–H groups in total. The first-order chi connectivity index (χ1) is 15.7. The Balaban J connectivity index is 1.41. The summed E-state index contributed by atoms with van der Waals surface area (Å²) in [6.07, 6.45) is 2.49. The summed E-state index contributed by atoms with van der Waals surface area (Å²) in [5.74, 6) is 2.74. The number of H-pyrrole nitrogens is 1. The molecule has 10 heteroatoms. The van der Waals surface area contributed by atoms with Crippen LogP contribution in [0.15, 0.2) is 24.3 Å². The van der Waals surface area contributed by atoms with Gasteiger partial charge in [-0.25, -0.2) is 4.98 Å². The summed E-state index contributed by atoms with van der Waals surface area (Å²) in [7, 11) is 0. The normalized spacial score (nSPS) is 13.7. The van der Waals surface area contributed by atoms with E-state index in [1.165, 1.54) is 0 Å². The minimum Gasteiger partial charge on any atom is -0.354 e. The lowest BCUT2D eigenvalue weighted by Crippen LogP contribution is -2.27. The summed E-state index contributed by atoms with van der Waals surface area (Å²) in [5.41, 5.74) is 1.94. The third-order valence-electron chi connectivity index (χ3n) is 5.58. The number of imidazole rings is 1. The van der Waals surface area contributed by atoms with E-state index in [9.17, 15) is 4.79 Å². The van der Waals surface area contributed by atoms with Gasteiger partial charge in [-0.15, -0.1) is 0 Å². The van der Waals surface area contributed by atoms with Gasteiger partial charge in [-0.2, -0.15) is 15.0 Å². The molecule has 4 rings (SSSR count). The molecule has 1 aliphatic heterocycles. The Bertz CT molecular complexity index is 1010. The largest absolute Gasteiger partial charge is 0.354 e. The molecule has 1 aliphatic rings. The van der Waals surface area contributed by atoms with Crippen LogP contribution in [-0.2, 0) is 11.3 Å². The third-order valence-corrected chi connectivity index (χ3v) is 5.58. The number of benzene rings is 1. The Morgan fingerprint density at radius 1 is 1.06 bits per heavy atom. The van der Waals surface area contributed by atoms with Crippen molar-refractivity contribution >= 4 is 34.8 Å². The second kappa shape index (κ2) is 10.3. The van der Waals surface area contributed by atoms with E-state index in [0.29, 0.717) is 37.4 Å². The van der Waals surface area contributed by atoms with Crippen LogP contribution in [0.4, 0.5) is 17.8 Å². The highest BCUT2D eigenvalue weighted by molar-refractivity contribution is 5.78. The number of rotatable bonds is 11. The molecule has 1 amide bonds. The van der Waals surface area contributed by atoms with Crippen molar-refractivity contribution in [3.05, 3.63) is 30.1 Å². The smallest absolute Gasteiger partial charge is 0.231 e. The SMILES string of the molecule is CCN(CC)c1nc(NCCCN2CCCC2=O)nc(NCc2nc3ccccc3[nH]2)n1. The maximum atomic E-state index is 11.8. The second-order valence-electron chi connectivity index (χ2n) is 7.77. The van der Waals surface area contributed by atoms with Crippen molar-refractivity contribution in [1.82, 2.24) is 29.8 Å². The van der Waals surface area contributed by atoms with Gasteiger partial charge in [0, 0.05) is 39.1 Å². The molecule has 0 atom stereocenters. The molecule has 170 valence electrons. The van der Waals surface area contributed by atoms with E-state index in [1.54, 1.807) is 0 Å². The van der Waals surface area contributed by atoms with E-state index in [1.807, 2.05) is 29.2 Å². The first-order valence-corrected chi connectivity index (χ1v) is 11.4. The molecule has 32 heavy (non-hydrogen) atoms. The Labute approximate surface area is 187 Å². The fourth-order valence-electron chi connectivity index (χ4n) is 3.83. The molecule has 3 heterocycles. The van der Waals surface area contributed by atoms with Gasteiger partial charge in [0.1, 0.15) is 5.82 Å². The van der Waals surface area contributed by atoms with Gasteiger partial charge in [-0.3, -0.25) is 4.79 Å². The molecule has 0 spiro atoms. The summed E-state index contributed by atoms with van der Waals surface area (Å²) in [6, 6.07) is 7.94. The van der Waals surface area contributed by atoms with Crippen molar-refractivity contribution < 1.29 is 4.79 Å². The Kier molecular flexibility index (Phi) is 6.98. The molecule has 3 aromatic rings. The monoisotopic (exact) mass is 437 g/mol. The van der Waals surface area contributed by atoms with Crippen LogP contribution in [0, 0.1) is 0 Å². The predicted octanol–water partition coefficient (Wildman–Crippen LogP) is 2.63. The Morgan fingerprint density at radius 3 is 2.56 bits per heavy atom. The topological polar surface area (TPSA) is 115 Å². The van der Waals surface area contributed by atoms with Gasteiger partial charge in [0.15, 0.2) is 0 Å². The van der Waals surface area contributed by atoms with Crippen LogP contribution in [0.3, 0.4) is 0 Å². The Morgan fingerprint density at radius 2 is 1.84 bits per heavy atom. The molecule has 1 aromatic carbocycles. The zero-order valence-corrected chi connectivity index (χ0v) is 18.8. The standard InChI is InChI=1S/C22H31N9O/c1-3-30(4-2)22-28-20(23-12-8-14-31-13-7-11-19(31)32)27-21(29-22)24-15-18-25-16-9-5-6-10-17(16)26-18/h5-6,9-10H,3-4,7-8,11-15H2,1-2H3,(H,25,26)(H2,23,24,27,28,29). The zero-order chi connectivity index (χ0) is 22.3. The lowest BCUT2D eigenvalue weighted by atomic mass is 10.3. The maximum Gasteiger partial charge on any atom is 0.231 e. The van der Waals surface area contributed by atoms with Crippen LogP contribution in [0.2, 0.25) is 0 Å². The fourth-order valence-corrected chi connectivity index (χ4v) is 3.83. The summed E-state index contributed by atoms with van der Waals surface area (Å²) in [4.78, 5) is 37.4. The van der Waals surface area contributed by atoms with Crippen LogP contribution in [-0.4, -0.2) is 68.5 Å². The summed E-state index contributed by atoms with van der Waals surface area (Å²) < 4.78 is 0. The van der Waals surface area contributed by atoms with E-state index in [4.69, 9.17) is 0 Å². The molecule has 1 saturated heterocycles. The lowest BCUT2D eigenvalue weighted by Gasteiger charge is -2.20. The highest BCUT2D eigenvalue weighted by Gasteiger charge is 2.19. The maximum absolute atomic E-state index is 11.8. The first-order valence-electron chi connectivity index (χ1n) is 11.4. The highest BCUT2D eigenvalue weighted by Crippen LogP contribution is 2.16. The number of nitrogens with one attached hydrogen (secondary N) is 3. The minimum absolute atomic E-state index is 0.256. The van der Waals surface area contributed by atoms with Gasteiger partial charge in [-0.1, -0.05) is 12.1 Å². The van der Waals surface area contributed by atoms with Crippen LogP contribution < -0.4 is 15.5 Å². The molecule has 0 aliphatic carbocycles. The molecule has 0 radical (unpaired) electrons. The van der Waals surface area contributed by atoms with Crippen LogP contribution >= 0.6 is 0 Å².